The number of carboxylic acid groups (broad SMARTS) is 1. The van der Waals surface area contributed by atoms with E-state index in [9.17, 15) is 14.7 Å². The maximum Gasteiger partial charge on any atom is 0.341 e. The highest BCUT2D eigenvalue weighted by Gasteiger charge is 2.36. The molecule has 3 aromatic rings. The van der Waals surface area contributed by atoms with E-state index in [0.29, 0.717) is 22.2 Å². The minimum absolute atomic E-state index is 0.0484. The van der Waals surface area contributed by atoms with E-state index in [4.69, 9.17) is 16.0 Å². The number of fused-ring (bicyclic) bond motifs is 1. The normalized spacial score (nSPS) is 19.5. The van der Waals surface area contributed by atoms with Crippen molar-refractivity contribution in [3.63, 3.8) is 0 Å². The van der Waals surface area contributed by atoms with Gasteiger partial charge in [-0.15, -0.1) is 0 Å². The maximum atomic E-state index is 13.0. The molecular weight excluding hydrogens is 444 g/mol. The smallest absolute Gasteiger partial charge is 0.341 e. The van der Waals surface area contributed by atoms with Crippen LogP contribution in [-0.2, 0) is 0 Å². The number of nitrogens with zero attached hydrogens (tertiary/aromatic N) is 4. The van der Waals surface area contributed by atoms with Crippen molar-refractivity contribution < 1.29 is 14.3 Å². The Balaban J connectivity index is 1.58. The Bertz CT molecular complexity index is 1280. The lowest BCUT2D eigenvalue weighted by Crippen LogP contribution is -2.30. The van der Waals surface area contributed by atoms with Crippen LogP contribution in [0.25, 0.3) is 10.9 Å². The van der Waals surface area contributed by atoms with Crippen LogP contribution >= 0.6 is 11.6 Å². The Morgan fingerprint density at radius 1 is 1.33 bits per heavy atom. The van der Waals surface area contributed by atoms with E-state index in [1.807, 2.05) is 25.6 Å². The van der Waals surface area contributed by atoms with Crippen molar-refractivity contribution in [2.75, 3.05) is 32.1 Å². The highest BCUT2D eigenvalue weighted by molar-refractivity contribution is 6.34. The van der Waals surface area contributed by atoms with Gasteiger partial charge in [0, 0.05) is 36.6 Å². The number of carboxylic acids is 1. The van der Waals surface area contributed by atoms with Gasteiger partial charge in [-0.3, -0.25) is 9.69 Å². The van der Waals surface area contributed by atoms with Gasteiger partial charge in [0.05, 0.1) is 28.5 Å². The minimum Gasteiger partial charge on any atom is -0.477 e. The molecule has 1 N–H and O–H groups in total. The number of pyridine rings is 1. The average molecular weight is 471 g/mol. The molecule has 1 aliphatic heterocycles. The quantitative estimate of drug-likeness (QED) is 0.579. The summed E-state index contributed by atoms with van der Waals surface area (Å²) in [6.45, 7) is 3.58. The largest absolute Gasteiger partial charge is 0.477 e. The van der Waals surface area contributed by atoms with Gasteiger partial charge in [-0.2, -0.15) is 0 Å². The zero-order chi connectivity index (χ0) is 23.4. The first-order valence-corrected chi connectivity index (χ1v) is 11.6. The third-order valence-corrected chi connectivity index (χ3v) is 7.19. The molecular formula is C24H27ClN4O4. The van der Waals surface area contributed by atoms with Crippen LogP contribution in [0, 0.1) is 12.8 Å². The second-order valence-electron chi connectivity index (χ2n) is 9.32. The zero-order valence-electron chi connectivity index (χ0n) is 18.9. The Kier molecular flexibility index (Phi) is 5.45. The van der Waals surface area contributed by atoms with Gasteiger partial charge in [0.2, 0.25) is 11.3 Å². The molecule has 2 aromatic heterocycles. The van der Waals surface area contributed by atoms with Crippen LogP contribution in [0.3, 0.4) is 0 Å². The molecule has 2 atom stereocenters. The van der Waals surface area contributed by atoms with Gasteiger partial charge in [0.25, 0.3) is 0 Å². The van der Waals surface area contributed by atoms with E-state index >= 15 is 0 Å². The van der Waals surface area contributed by atoms with Gasteiger partial charge in [-0.25, -0.2) is 9.78 Å². The number of aromatic nitrogens is 2. The molecule has 0 amide bonds. The third kappa shape index (κ3) is 3.71. The predicted molar refractivity (Wildman–Crippen MR) is 126 cm³/mol. The molecule has 2 unspecified atom stereocenters. The lowest BCUT2D eigenvalue weighted by atomic mass is 9.98. The molecule has 5 rings (SSSR count). The van der Waals surface area contributed by atoms with E-state index in [0.717, 1.165) is 49.1 Å². The summed E-state index contributed by atoms with van der Waals surface area (Å²) >= 11 is 6.75. The van der Waals surface area contributed by atoms with Gasteiger partial charge >= 0.3 is 5.97 Å². The fraction of sp³-hybridized carbons (Fsp3) is 0.458. The molecule has 2 fully saturated rings. The van der Waals surface area contributed by atoms with Gasteiger partial charge in [-0.1, -0.05) is 11.6 Å². The number of rotatable bonds is 6. The van der Waals surface area contributed by atoms with E-state index in [1.54, 1.807) is 18.5 Å². The number of hydrogen-bond donors (Lipinski definition) is 1. The maximum absolute atomic E-state index is 13.0. The monoisotopic (exact) mass is 470 g/mol. The van der Waals surface area contributed by atoms with E-state index in [2.05, 4.69) is 14.8 Å². The van der Waals surface area contributed by atoms with Crippen LogP contribution in [0.5, 0.6) is 0 Å². The summed E-state index contributed by atoms with van der Waals surface area (Å²) in [5, 5.41) is 10.4. The van der Waals surface area contributed by atoms with Crippen molar-refractivity contribution in [1.29, 1.82) is 0 Å². The summed E-state index contributed by atoms with van der Waals surface area (Å²) in [4.78, 5) is 33.4. The second-order valence-corrected chi connectivity index (χ2v) is 9.72. The van der Waals surface area contributed by atoms with E-state index in [1.165, 1.54) is 6.20 Å². The van der Waals surface area contributed by atoms with Gasteiger partial charge in [-0.05, 0) is 51.9 Å². The van der Waals surface area contributed by atoms with Crippen LogP contribution in [0.1, 0.15) is 53.2 Å². The molecule has 3 heterocycles. The number of halogens is 1. The highest BCUT2D eigenvalue weighted by atomic mass is 35.5. The summed E-state index contributed by atoms with van der Waals surface area (Å²) in [6.07, 6.45) is 7.68. The number of benzene rings is 1. The molecule has 1 saturated heterocycles. The first-order chi connectivity index (χ1) is 15.8. The van der Waals surface area contributed by atoms with Crippen molar-refractivity contribution in [3.8, 4) is 0 Å². The topological polar surface area (TPSA) is 91.8 Å². The van der Waals surface area contributed by atoms with Crippen LogP contribution < -0.4 is 10.3 Å². The molecule has 33 heavy (non-hydrogen) atoms. The molecule has 1 aliphatic carbocycles. The molecule has 8 nitrogen and oxygen atoms in total. The lowest BCUT2D eigenvalue weighted by molar-refractivity contribution is 0.0695. The summed E-state index contributed by atoms with van der Waals surface area (Å²) in [5.74, 6) is -0.209. The van der Waals surface area contributed by atoms with Gasteiger partial charge in [0.1, 0.15) is 11.8 Å². The Hall–Kier alpha value is -2.84. The first kappa shape index (κ1) is 22.0. The first-order valence-electron chi connectivity index (χ1n) is 11.2. The van der Waals surface area contributed by atoms with Crippen molar-refractivity contribution in [3.05, 3.63) is 57.0 Å². The van der Waals surface area contributed by atoms with Crippen LogP contribution in [0.2, 0.25) is 5.02 Å². The number of aryl methyl sites for hydroxylation is 1. The summed E-state index contributed by atoms with van der Waals surface area (Å²) < 4.78 is 7.60. The predicted octanol–water partition coefficient (Wildman–Crippen LogP) is 4.11. The number of oxazole rings is 1. The fourth-order valence-electron chi connectivity index (χ4n) is 5.32. The van der Waals surface area contributed by atoms with Crippen molar-refractivity contribution in [2.24, 2.45) is 5.92 Å². The molecule has 0 spiro atoms. The number of hydrogen-bond acceptors (Lipinski definition) is 6. The van der Waals surface area contributed by atoms with E-state index in [-0.39, 0.29) is 17.6 Å². The Morgan fingerprint density at radius 2 is 2.09 bits per heavy atom. The number of aromatic carboxylic acids is 1. The van der Waals surface area contributed by atoms with Crippen molar-refractivity contribution in [2.45, 2.75) is 38.3 Å². The molecule has 0 radical (unpaired) electrons. The standard InChI is InChI=1S/C24H27ClN4O4/c1-13-19-16(22(30)17(24(31)32)12-29(19)15-4-5-15)10-18(25)20(13)28-8-6-14(11-28)21(27(2)3)23-26-7-9-33-23/h7,9-10,12,14-15,21H,4-6,8,11H2,1-3H3,(H,31,32). The molecule has 2 aliphatic rings. The zero-order valence-corrected chi connectivity index (χ0v) is 19.7. The van der Waals surface area contributed by atoms with Crippen LogP contribution in [0.4, 0.5) is 5.69 Å². The highest BCUT2D eigenvalue weighted by Crippen LogP contribution is 2.43. The Morgan fingerprint density at radius 3 is 2.70 bits per heavy atom. The van der Waals surface area contributed by atoms with Crippen LogP contribution in [0.15, 0.2) is 33.9 Å². The molecule has 174 valence electrons. The van der Waals surface area contributed by atoms with Gasteiger partial charge < -0.3 is 19.0 Å². The second kappa shape index (κ2) is 8.18. The SMILES string of the molecule is Cc1c(N2CCC(C(c3ncco3)N(C)C)C2)c(Cl)cc2c(=O)c(C(=O)O)cn(C3CC3)c12. The molecule has 0 bridgehead atoms. The van der Waals surface area contributed by atoms with E-state index < -0.39 is 11.4 Å². The summed E-state index contributed by atoms with van der Waals surface area (Å²) in [7, 11) is 4.06. The van der Waals surface area contributed by atoms with Crippen LogP contribution in [-0.4, -0.2) is 52.7 Å². The summed E-state index contributed by atoms with van der Waals surface area (Å²) in [6, 6.07) is 1.92. The summed E-state index contributed by atoms with van der Waals surface area (Å²) in [5.41, 5.74) is 1.91. The minimum atomic E-state index is -1.21. The number of anilines is 1. The third-order valence-electron chi connectivity index (χ3n) is 6.90. The van der Waals surface area contributed by atoms with Crippen molar-refractivity contribution in [1.82, 2.24) is 14.5 Å². The average Bonchev–Trinajstić information content (AvgIpc) is 3.25. The molecule has 9 heteroatoms. The van der Waals surface area contributed by atoms with Gasteiger partial charge in [0.15, 0.2) is 0 Å². The number of carbonyl (C=O) groups is 1. The molecule has 1 aromatic carbocycles. The Labute approximate surface area is 196 Å². The molecule has 1 saturated carbocycles. The lowest BCUT2D eigenvalue weighted by Gasteiger charge is -2.29. The fourth-order valence-corrected chi connectivity index (χ4v) is 5.69. The van der Waals surface area contributed by atoms with Crippen molar-refractivity contribution >= 4 is 34.2 Å².